The molecule has 6 heteroatoms. The summed E-state index contributed by atoms with van der Waals surface area (Å²) in [5.41, 5.74) is 2.40. The molecule has 124 valence electrons. The minimum absolute atomic E-state index is 0.00693. The van der Waals surface area contributed by atoms with Gasteiger partial charge in [0.2, 0.25) is 15.9 Å². The molecule has 0 radical (unpaired) electrons. The number of sulfonamides is 1. The van der Waals surface area contributed by atoms with Crippen LogP contribution in [0.3, 0.4) is 0 Å². The van der Waals surface area contributed by atoms with Crippen molar-refractivity contribution in [1.29, 1.82) is 0 Å². The van der Waals surface area contributed by atoms with Gasteiger partial charge in [-0.05, 0) is 43.9 Å². The molecular weight excluding hydrogens is 300 g/mol. The van der Waals surface area contributed by atoms with Gasteiger partial charge in [0.05, 0.1) is 11.9 Å². The number of anilines is 1. The smallest absolute Gasteiger partial charge is 0.240 e. The maximum Gasteiger partial charge on any atom is 0.240 e. The second kappa shape index (κ2) is 7.13. The predicted molar refractivity (Wildman–Crippen MR) is 90.5 cm³/mol. The lowest BCUT2D eigenvalue weighted by molar-refractivity contribution is -0.120. The van der Waals surface area contributed by atoms with E-state index < -0.39 is 10.0 Å². The second-order valence-corrected chi connectivity index (χ2v) is 8.00. The van der Waals surface area contributed by atoms with Crippen molar-refractivity contribution in [3.05, 3.63) is 29.3 Å². The largest absolute Gasteiger partial charge is 0.352 e. The lowest BCUT2D eigenvalue weighted by Crippen LogP contribution is -2.44. The number of hydrogen-bond donors (Lipinski definition) is 1. The zero-order valence-corrected chi connectivity index (χ0v) is 15.0. The first-order valence-electron chi connectivity index (χ1n) is 7.37. The van der Waals surface area contributed by atoms with Crippen LogP contribution in [0.4, 0.5) is 5.69 Å². The zero-order valence-electron chi connectivity index (χ0n) is 14.2. The Hall–Kier alpha value is -1.56. The summed E-state index contributed by atoms with van der Waals surface area (Å²) in [4.78, 5) is 12.2. The normalized spacial score (nSPS) is 13.0. The molecule has 22 heavy (non-hydrogen) atoms. The fourth-order valence-electron chi connectivity index (χ4n) is 1.98. The number of aryl methyl sites for hydroxylation is 1. The van der Waals surface area contributed by atoms with Gasteiger partial charge in [-0.2, -0.15) is 0 Å². The first-order chi connectivity index (χ1) is 10.0. The van der Waals surface area contributed by atoms with Crippen LogP contribution >= 0.6 is 0 Å². The first-order valence-corrected chi connectivity index (χ1v) is 9.22. The Morgan fingerprint density at radius 3 is 2.32 bits per heavy atom. The molecule has 0 fully saturated rings. The van der Waals surface area contributed by atoms with Crippen molar-refractivity contribution in [3.63, 3.8) is 0 Å². The SMILES string of the molecule is Cc1cccc(N(CC(=O)NC(C)C(C)C)S(C)(=O)=O)c1C. The summed E-state index contributed by atoms with van der Waals surface area (Å²) >= 11 is 0. The molecule has 0 aliphatic rings. The molecule has 1 unspecified atom stereocenters. The van der Waals surface area contributed by atoms with Crippen LogP contribution in [0.1, 0.15) is 31.9 Å². The summed E-state index contributed by atoms with van der Waals surface area (Å²) in [6, 6.07) is 5.43. The number of nitrogens with one attached hydrogen (secondary N) is 1. The molecule has 1 atom stereocenters. The number of rotatable bonds is 6. The van der Waals surface area contributed by atoms with Crippen molar-refractivity contribution in [2.45, 2.75) is 40.7 Å². The number of benzene rings is 1. The van der Waals surface area contributed by atoms with Crippen molar-refractivity contribution in [1.82, 2.24) is 5.32 Å². The Morgan fingerprint density at radius 1 is 1.23 bits per heavy atom. The monoisotopic (exact) mass is 326 g/mol. The number of carbonyl (C=O) groups is 1. The summed E-state index contributed by atoms with van der Waals surface area (Å²) in [6.45, 7) is 9.48. The van der Waals surface area contributed by atoms with Crippen molar-refractivity contribution < 1.29 is 13.2 Å². The summed E-state index contributed by atoms with van der Waals surface area (Å²) in [6.07, 6.45) is 1.12. The average Bonchev–Trinajstić information content (AvgIpc) is 2.38. The van der Waals surface area contributed by atoms with Crippen LogP contribution in [-0.2, 0) is 14.8 Å². The van der Waals surface area contributed by atoms with Crippen molar-refractivity contribution >= 4 is 21.6 Å². The molecular formula is C16H26N2O3S. The van der Waals surface area contributed by atoms with Crippen molar-refractivity contribution in [2.75, 3.05) is 17.1 Å². The molecule has 0 saturated heterocycles. The topological polar surface area (TPSA) is 66.5 Å². The lowest BCUT2D eigenvalue weighted by atomic mass is 10.1. The second-order valence-electron chi connectivity index (χ2n) is 6.09. The van der Waals surface area contributed by atoms with Gasteiger partial charge in [0.25, 0.3) is 0 Å². The Bertz CT molecular complexity index is 639. The summed E-state index contributed by atoms with van der Waals surface area (Å²) < 4.78 is 25.4. The molecule has 0 aromatic heterocycles. The van der Waals surface area contributed by atoms with Crippen LogP contribution in [0.2, 0.25) is 0 Å². The van der Waals surface area contributed by atoms with Crippen LogP contribution < -0.4 is 9.62 Å². The standard InChI is InChI=1S/C16H26N2O3S/c1-11(2)14(5)17-16(19)10-18(22(6,20)21)15-9-7-8-12(3)13(15)4/h7-9,11,14H,10H2,1-6H3,(H,17,19). The molecule has 0 spiro atoms. The third kappa shape index (κ3) is 4.73. The van der Waals surface area contributed by atoms with Crippen LogP contribution in [0.5, 0.6) is 0 Å². The minimum Gasteiger partial charge on any atom is -0.352 e. The number of nitrogens with zero attached hydrogens (tertiary/aromatic N) is 1. The Balaban J connectivity index is 3.06. The molecule has 0 bridgehead atoms. The lowest BCUT2D eigenvalue weighted by Gasteiger charge is -2.26. The van der Waals surface area contributed by atoms with Crippen molar-refractivity contribution in [3.8, 4) is 0 Å². The zero-order chi connectivity index (χ0) is 17.1. The highest BCUT2D eigenvalue weighted by atomic mass is 32.2. The number of amides is 1. The Morgan fingerprint density at radius 2 is 1.82 bits per heavy atom. The van der Waals surface area contributed by atoms with E-state index >= 15 is 0 Å². The molecule has 5 nitrogen and oxygen atoms in total. The summed E-state index contributed by atoms with van der Waals surface area (Å²) in [5.74, 6) is -0.0103. The van der Waals surface area contributed by atoms with E-state index in [-0.39, 0.29) is 24.4 Å². The molecule has 1 N–H and O–H groups in total. The van der Waals surface area contributed by atoms with Gasteiger partial charge < -0.3 is 5.32 Å². The van der Waals surface area contributed by atoms with Crippen LogP contribution in [0.15, 0.2) is 18.2 Å². The number of hydrogen-bond acceptors (Lipinski definition) is 3. The van der Waals surface area contributed by atoms with Crippen LogP contribution in [-0.4, -0.2) is 33.2 Å². The molecule has 1 rings (SSSR count). The van der Waals surface area contributed by atoms with E-state index in [1.165, 1.54) is 0 Å². The molecule has 1 aromatic rings. The van der Waals surface area contributed by atoms with E-state index in [2.05, 4.69) is 5.32 Å². The Kier molecular flexibility index (Phi) is 6.00. The molecule has 0 aliphatic heterocycles. The predicted octanol–water partition coefficient (Wildman–Crippen LogP) is 2.23. The van der Waals surface area contributed by atoms with Gasteiger partial charge in [0.15, 0.2) is 0 Å². The molecule has 1 aromatic carbocycles. The third-order valence-electron chi connectivity index (χ3n) is 3.92. The van der Waals surface area contributed by atoms with E-state index in [9.17, 15) is 13.2 Å². The van der Waals surface area contributed by atoms with Gasteiger partial charge in [-0.1, -0.05) is 26.0 Å². The quantitative estimate of drug-likeness (QED) is 0.872. The van der Waals surface area contributed by atoms with Gasteiger partial charge in [-0.15, -0.1) is 0 Å². The van der Waals surface area contributed by atoms with E-state index in [0.29, 0.717) is 5.69 Å². The van der Waals surface area contributed by atoms with Gasteiger partial charge in [-0.25, -0.2) is 8.42 Å². The van der Waals surface area contributed by atoms with Gasteiger partial charge in [0, 0.05) is 6.04 Å². The highest BCUT2D eigenvalue weighted by Gasteiger charge is 2.23. The Labute approximate surface area is 133 Å². The molecule has 0 heterocycles. The molecule has 0 aliphatic carbocycles. The minimum atomic E-state index is -3.54. The maximum absolute atomic E-state index is 12.2. The van der Waals surface area contributed by atoms with Gasteiger partial charge >= 0.3 is 0 Å². The number of carbonyl (C=O) groups excluding carboxylic acids is 1. The maximum atomic E-state index is 12.2. The van der Waals surface area contributed by atoms with Crippen LogP contribution in [0.25, 0.3) is 0 Å². The fourth-order valence-corrected chi connectivity index (χ4v) is 2.89. The summed E-state index contributed by atoms with van der Waals surface area (Å²) in [5, 5.41) is 2.84. The highest BCUT2D eigenvalue weighted by molar-refractivity contribution is 7.92. The third-order valence-corrected chi connectivity index (χ3v) is 5.05. The van der Waals surface area contributed by atoms with Gasteiger partial charge in [-0.3, -0.25) is 9.10 Å². The average molecular weight is 326 g/mol. The molecule has 1 amide bonds. The highest BCUT2D eigenvalue weighted by Crippen LogP contribution is 2.24. The first kappa shape index (κ1) is 18.5. The van der Waals surface area contributed by atoms with Crippen molar-refractivity contribution in [2.24, 2.45) is 5.92 Å². The van der Waals surface area contributed by atoms with E-state index in [1.54, 1.807) is 12.1 Å². The fraction of sp³-hybridized carbons (Fsp3) is 0.562. The van der Waals surface area contributed by atoms with Crippen LogP contribution in [0, 0.1) is 19.8 Å². The van der Waals surface area contributed by atoms with Gasteiger partial charge in [0.1, 0.15) is 6.54 Å². The van der Waals surface area contributed by atoms with E-state index in [4.69, 9.17) is 0 Å². The summed E-state index contributed by atoms with van der Waals surface area (Å²) in [7, 11) is -3.54. The van der Waals surface area contributed by atoms with E-state index in [1.807, 2.05) is 40.7 Å². The van der Waals surface area contributed by atoms with E-state index in [0.717, 1.165) is 21.7 Å². The molecule has 0 saturated carbocycles.